The summed E-state index contributed by atoms with van der Waals surface area (Å²) in [6.45, 7) is 0.365. The second kappa shape index (κ2) is 9.29. The normalized spacial score (nSPS) is 12.3. The van der Waals surface area contributed by atoms with E-state index >= 15 is 0 Å². The number of carbonyl (C=O) groups is 1. The van der Waals surface area contributed by atoms with Crippen LogP contribution in [0.5, 0.6) is 5.75 Å². The van der Waals surface area contributed by atoms with Crippen LogP contribution in [0.3, 0.4) is 0 Å². The average molecular weight is 451 g/mol. The van der Waals surface area contributed by atoms with Crippen LogP contribution in [-0.4, -0.2) is 24.4 Å². The molecule has 0 unspecified atom stereocenters. The van der Waals surface area contributed by atoms with E-state index in [4.69, 9.17) is 4.74 Å². The van der Waals surface area contributed by atoms with Crippen molar-refractivity contribution >= 4 is 6.09 Å². The Morgan fingerprint density at radius 3 is 2.27 bits per heavy atom. The smallest absolute Gasteiger partial charge is 0.416 e. The fourth-order valence-corrected chi connectivity index (χ4v) is 3.89. The van der Waals surface area contributed by atoms with Crippen LogP contribution in [0.1, 0.15) is 34.6 Å². The number of hydrogen-bond acceptors (Lipinski definition) is 3. The predicted molar refractivity (Wildman–Crippen MR) is 118 cm³/mol. The molecule has 3 aromatic rings. The largest absolute Gasteiger partial charge is 0.508 e. The average Bonchev–Trinajstić information content (AvgIpc) is 3.10. The highest BCUT2D eigenvalue weighted by Crippen LogP contribution is 2.44. The summed E-state index contributed by atoms with van der Waals surface area (Å²) in [6, 6.07) is 18.7. The molecule has 168 valence electrons. The van der Waals surface area contributed by atoms with Gasteiger partial charge in [-0.05, 0) is 40.5 Å². The van der Waals surface area contributed by atoms with Crippen LogP contribution in [0.4, 0.5) is 18.0 Å². The van der Waals surface area contributed by atoms with Crippen molar-refractivity contribution < 1.29 is 27.8 Å². The van der Waals surface area contributed by atoms with E-state index in [1.807, 2.05) is 36.4 Å². The molecule has 0 aromatic heterocycles. The lowest BCUT2D eigenvalue weighted by molar-refractivity contribution is -0.137. The van der Waals surface area contributed by atoms with Crippen molar-refractivity contribution in [3.8, 4) is 28.7 Å². The van der Waals surface area contributed by atoms with Gasteiger partial charge in [0, 0.05) is 24.4 Å². The molecule has 0 fully saturated rings. The molecule has 2 N–H and O–H groups in total. The molecule has 0 bridgehead atoms. The van der Waals surface area contributed by atoms with Gasteiger partial charge in [-0.2, -0.15) is 13.2 Å². The Morgan fingerprint density at radius 1 is 1.00 bits per heavy atom. The zero-order valence-corrected chi connectivity index (χ0v) is 17.4. The quantitative estimate of drug-likeness (QED) is 0.396. The van der Waals surface area contributed by atoms with E-state index in [1.165, 1.54) is 0 Å². The van der Waals surface area contributed by atoms with E-state index in [1.54, 1.807) is 0 Å². The highest BCUT2D eigenvalue weighted by atomic mass is 19.4. The monoisotopic (exact) mass is 451 g/mol. The Labute approximate surface area is 189 Å². The van der Waals surface area contributed by atoms with Crippen molar-refractivity contribution in [3.05, 3.63) is 89.0 Å². The van der Waals surface area contributed by atoms with Gasteiger partial charge in [-0.25, -0.2) is 4.79 Å². The van der Waals surface area contributed by atoms with Crippen molar-refractivity contribution in [2.45, 2.75) is 18.5 Å². The molecular weight excluding hydrogens is 431 g/mol. The summed E-state index contributed by atoms with van der Waals surface area (Å²) >= 11 is 0. The van der Waals surface area contributed by atoms with E-state index in [2.05, 4.69) is 29.3 Å². The maximum Gasteiger partial charge on any atom is 0.416 e. The van der Waals surface area contributed by atoms with Gasteiger partial charge in [-0.1, -0.05) is 60.4 Å². The van der Waals surface area contributed by atoms with Crippen molar-refractivity contribution in [3.63, 3.8) is 0 Å². The van der Waals surface area contributed by atoms with Gasteiger partial charge >= 0.3 is 12.3 Å². The second-order valence-corrected chi connectivity index (χ2v) is 7.57. The van der Waals surface area contributed by atoms with Gasteiger partial charge in [0.1, 0.15) is 12.4 Å². The first kappa shape index (κ1) is 22.3. The number of amides is 1. The Kier molecular flexibility index (Phi) is 6.27. The third-order valence-corrected chi connectivity index (χ3v) is 5.34. The van der Waals surface area contributed by atoms with Gasteiger partial charge in [-0.15, -0.1) is 0 Å². The topological polar surface area (TPSA) is 58.6 Å². The van der Waals surface area contributed by atoms with Crippen molar-refractivity contribution in [1.82, 2.24) is 5.32 Å². The lowest BCUT2D eigenvalue weighted by Gasteiger charge is -2.14. The van der Waals surface area contributed by atoms with Gasteiger partial charge in [0.05, 0.1) is 5.56 Å². The summed E-state index contributed by atoms with van der Waals surface area (Å²) in [4.78, 5) is 12.1. The SMILES string of the molecule is O=C(NCCC#Cc1cc(O)cc(C(F)(F)F)c1)OCC1c2ccccc2-c2ccccc21. The molecular formula is C26H20F3NO3. The van der Waals surface area contributed by atoms with Gasteiger partial charge < -0.3 is 15.2 Å². The summed E-state index contributed by atoms with van der Waals surface area (Å²) in [7, 11) is 0. The van der Waals surface area contributed by atoms with Crippen molar-refractivity contribution in [2.24, 2.45) is 0 Å². The number of benzene rings is 3. The molecule has 0 heterocycles. The first-order valence-corrected chi connectivity index (χ1v) is 10.3. The van der Waals surface area contributed by atoms with Gasteiger partial charge in [0.2, 0.25) is 0 Å². The number of phenols is 1. The Bertz CT molecular complexity index is 1200. The third kappa shape index (κ3) is 5.12. The number of alkyl carbamates (subject to hydrolysis) is 1. The molecule has 0 saturated carbocycles. The van der Waals surface area contributed by atoms with Crippen LogP contribution < -0.4 is 5.32 Å². The minimum Gasteiger partial charge on any atom is -0.508 e. The summed E-state index contributed by atoms with van der Waals surface area (Å²) in [5.41, 5.74) is 3.58. The standard InChI is InChI=1S/C26H20F3NO3/c27-26(28,29)18-13-17(14-19(31)15-18)7-5-6-12-30-25(32)33-16-24-22-10-3-1-8-20(22)21-9-2-4-11-23(21)24/h1-4,8-11,13-15,24,31H,6,12,16H2,(H,30,32). The van der Waals surface area contributed by atoms with E-state index in [0.717, 1.165) is 34.4 Å². The first-order chi connectivity index (χ1) is 15.8. The third-order valence-electron chi connectivity index (χ3n) is 5.34. The van der Waals surface area contributed by atoms with Crippen LogP contribution in [0, 0.1) is 11.8 Å². The molecule has 4 nitrogen and oxygen atoms in total. The minimum atomic E-state index is -4.57. The molecule has 33 heavy (non-hydrogen) atoms. The number of fused-ring (bicyclic) bond motifs is 3. The number of ether oxygens (including phenoxy) is 1. The number of nitrogens with one attached hydrogen (secondary N) is 1. The number of hydrogen-bond donors (Lipinski definition) is 2. The molecule has 0 atom stereocenters. The van der Waals surface area contributed by atoms with E-state index in [0.29, 0.717) is 6.07 Å². The zero-order chi connectivity index (χ0) is 23.4. The molecule has 0 spiro atoms. The second-order valence-electron chi connectivity index (χ2n) is 7.57. The molecule has 0 radical (unpaired) electrons. The van der Waals surface area contributed by atoms with Crippen LogP contribution in [0.25, 0.3) is 11.1 Å². The fraction of sp³-hybridized carbons (Fsp3) is 0.192. The number of carbonyl (C=O) groups excluding carboxylic acids is 1. The maximum absolute atomic E-state index is 12.8. The number of halogens is 3. The van der Waals surface area contributed by atoms with Gasteiger partial charge in [-0.3, -0.25) is 0 Å². The van der Waals surface area contributed by atoms with Crippen molar-refractivity contribution in [1.29, 1.82) is 0 Å². The summed E-state index contributed by atoms with van der Waals surface area (Å²) in [5.74, 6) is 4.70. The zero-order valence-electron chi connectivity index (χ0n) is 17.4. The molecule has 1 aliphatic carbocycles. The molecule has 0 aliphatic heterocycles. The first-order valence-electron chi connectivity index (χ1n) is 10.3. The molecule has 0 saturated heterocycles. The Hall–Kier alpha value is -3.92. The van der Waals surface area contributed by atoms with Crippen molar-refractivity contribution in [2.75, 3.05) is 13.2 Å². The highest BCUT2D eigenvalue weighted by molar-refractivity contribution is 5.79. The lowest BCUT2D eigenvalue weighted by atomic mass is 9.98. The molecule has 3 aromatic carbocycles. The fourth-order valence-electron chi connectivity index (χ4n) is 3.89. The van der Waals surface area contributed by atoms with E-state index in [-0.39, 0.29) is 31.1 Å². The van der Waals surface area contributed by atoms with E-state index < -0.39 is 23.6 Å². The van der Waals surface area contributed by atoms with Gasteiger partial charge in [0.15, 0.2) is 0 Å². The van der Waals surface area contributed by atoms with Crippen LogP contribution in [-0.2, 0) is 10.9 Å². The molecule has 7 heteroatoms. The Morgan fingerprint density at radius 2 is 1.64 bits per heavy atom. The van der Waals surface area contributed by atoms with Crippen LogP contribution in [0.2, 0.25) is 0 Å². The molecule has 1 amide bonds. The number of alkyl halides is 3. The van der Waals surface area contributed by atoms with E-state index in [9.17, 15) is 23.1 Å². The number of phenolic OH excluding ortho intramolecular Hbond substituents is 1. The summed E-state index contributed by atoms with van der Waals surface area (Å²) in [5, 5.41) is 12.1. The van der Waals surface area contributed by atoms with Crippen LogP contribution in [0.15, 0.2) is 66.7 Å². The predicted octanol–water partition coefficient (Wildman–Crippen LogP) is 5.69. The van der Waals surface area contributed by atoms with Crippen LogP contribution >= 0.6 is 0 Å². The minimum absolute atomic E-state index is 0.0449. The van der Waals surface area contributed by atoms with Gasteiger partial charge in [0.25, 0.3) is 0 Å². The lowest BCUT2D eigenvalue weighted by Crippen LogP contribution is -2.26. The number of rotatable bonds is 4. The maximum atomic E-state index is 12.8. The Balaban J connectivity index is 1.29. The molecule has 1 aliphatic rings. The summed E-state index contributed by atoms with van der Waals surface area (Å²) < 4.78 is 43.8. The molecule has 4 rings (SSSR count). The number of aromatic hydroxyl groups is 1. The highest BCUT2D eigenvalue weighted by Gasteiger charge is 2.31. The summed E-state index contributed by atoms with van der Waals surface area (Å²) in [6.07, 6.45) is -4.95.